The fourth-order valence-corrected chi connectivity index (χ4v) is 1.74. The first-order chi connectivity index (χ1) is 9.78. The van der Waals surface area contributed by atoms with Crippen molar-refractivity contribution in [2.45, 2.75) is 0 Å². The second kappa shape index (κ2) is 5.08. The van der Waals surface area contributed by atoms with Gasteiger partial charge in [-0.3, -0.25) is 4.98 Å². The van der Waals surface area contributed by atoms with Gasteiger partial charge in [0, 0.05) is 24.0 Å². The number of hydrogen-bond acceptors (Lipinski definition) is 5. The lowest BCUT2D eigenvalue weighted by Gasteiger charge is -2.01. The molecule has 0 radical (unpaired) electrons. The van der Waals surface area contributed by atoms with Gasteiger partial charge in [0.25, 0.3) is 5.89 Å². The van der Waals surface area contributed by atoms with E-state index in [2.05, 4.69) is 15.1 Å². The van der Waals surface area contributed by atoms with Gasteiger partial charge in [0.1, 0.15) is 11.6 Å². The standard InChI is InChI=1S/C14H10FN3O2/c1-19-10-4-5-11(12(15)7-10)14-17-13(18-20-14)9-3-2-6-16-8-9/h2-8H,1H3. The van der Waals surface area contributed by atoms with E-state index in [1.807, 2.05) is 0 Å². The van der Waals surface area contributed by atoms with E-state index in [0.717, 1.165) is 0 Å². The SMILES string of the molecule is COc1ccc(-c2nc(-c3cccnc3)no2)c(F)c1. The average Bonchev–Trinajstić information content (AvgIpc) is 2.97. The third-order valence-electron chi connectivity index (χ3n) is 2.75. The smallest absolute Gasteiger partial charge is 0.261 e. The van der Waals surface area contributed by atoms with Crippen molar-refractivity contribution >= 4 is 0 Å². The summed E-state index contributed by atoms with van der Waals surface area (Å²) in [6.07, 6.45) is 3.26. The summed E-state index contributed by atoms with van der Waals surface area (Å²) in [5.74, 6) is 0.427. The molecule has 1 aromatic carbocycles. The first-order valence-corrected chi connectivity index (χ1v) is 5.86. The Hall–Kier alpha value is -2.76. The molecule has 20 heavy (non-hydrogen) atoms. The first kappa shape index (κ1) is 12.3. The van der Waals surface area contributed by atoms with Gasteiger partial charge in [0.15, 0.2) is 0 Å². The maximum atomic E-state index is 13.9. The highest BCUT2D eigenvalue weighted by atomic mass is 19.1. The number of ether oxygens (including phenoxy) is 1. The molecule has 0 N–H and O–H groups in total. The maximum absolute atomic E-state index is 13.9. The van der Waals surface area contributed by atoms with Crippen LogP contribution in [0.5, 0.6) is 5.75 Å². The van der Waals surface area contributed by atoms with E-state index in [1.165, 1.54) is 19.2 Å². The summed E-state index contributed by atoms with van der Waals surface area (Å²) in [5, 5.41) is 3.82. The van der Waals surface area contributed by atoms with Gasteiger partial charge in [0.05, 0.1) is 12.7 Å². The molecule has 0 aliphatic carbocycles. The molecule has 0 bridgehead atoms. The second-order valence-corrected chi connectivity index (χ2v) is 4.01. The maximum Gasteiger partial charge on any atom is 0.261 e. The zero-order valence-electron chi connectivity index (χ0n) is 10.6. The van der Waals surface area contributed by atoms with Crippen LogP contribution in [0.4, 0.5) is 4.39 Å². The molecule has 0 saturated heterocycles. The number of benzene rings is 1. The summed E-state index contributed by atoms with van der Waals surface area (Å²) in [4.78, 5) is 8.14. The molecule has 0 saturated carbocycles. The minimum atomic E-state index is -0.481. The Morgan fingerprint density at radius 1 is 1.25 bits per heavy atom. The Morgan fingerprint density at radius 2 is 2.15 bits per heavy atom. The number of aromatic nitrogens is 3. The molecule has 0 amide bonds. The first-order valence-electron chi connectivity index (χ1n) is 5.86. The highest BCUT2D eigenvalue weighted by molar-refractivity contribution is 5.60. The molecular formula is C14H10FN3O2. The fraction of sp³-hybridized carbons (Fsp3) is 0.0714. The highest BCUT2D eigenvalue weighted by Crippen LogP contribution is 2.26. The number of hydrogen-bond donors (Lipinski definition) is 0. The Labute approximate surface area is 114 Å². The molecule has 0 aliphatic heterocycles. The summed E-state index contributed by atoms with van der Waals surface area (Å²) in [6.45, 7) is 0. The van der Waals surface area contributed by atoms with E-state index in [9.17, 15) is 4.39 Å². The predicted octanol–water partition coefficient (Wildman–Crippen LogP) is 2.95. The van der Waals surface area contributed by atoms with Crippen LogP contribution in [0.25, 0.3) is 22.8 Å². The van der Waals surface area contributed by atoms with Crippen LogP contribution in [0.2, 0.25) is 0 Å². The van der Waals surface area contributed by atoms with Crippen molar-refractivity contribution in [3.05, 3.63) is 48.5 Å². The largest absolute Gasteiger partial charge is 0.497 e. The van der Waals surface area contributed by atoms with E-state index < -0.39 is 5.82 Å². The molecule has 5 nitrogen and oxygen atoms in total. The van der Waals surface area contributed by atoms with E-state index >= 15 is 0 Å². The van der Waals surface area contributed by atoms with Gasteiger partial charge in [-0.05, 0) is 24.3 Å². The van der Waals surface area contributed by atoms with Gasteiger partial charge in [-0.25, -0.2) is 4.39 Å². The van der Waals surface area contributed by atoms with Crippen LogP contribution in [-0.2, 0) is 0 Å². The second-order valence-electron chi connectivity index (χ2n) is 4.01. The van der Waals surface area contributed by atoms with Gasteiger partial charge >= 0.3 is 0 Å². The molecule has 0 atom stereocenters. The zero-order chi connectivity index (χ0) is 13.9. The Kier molecular flexibility index (Phi) is 3.12. The number of halogens is 1. The third kappa shape index (κ3) is 2.23. The van der Waals surface area contributed by atoms with Crippen molar-refractivity contribution in [1.82, 2.24) is 15.1 Å². The summed E-state index contributed by atoms with van der Waals surface area (Å²) in [5.41, 5.74) is 0.935. The van der Waals surface area contributed by atoms with E-state index in [-0.39, 0.29) is 11.5 Å². The van der Waals surface area contributed by atoms with E-state index in [0.29, 0.717) is 17.1 Å². The molecule has 3 rings (SSSR count). The van der Waals surface area contributed by atoms with Crippen LogP contribution < -0.4 is 4.74 Å². The minimum absolute atomic E-state index is 0.115. The molecule has 2 heterocycles. The summed E-state index contributed by atoms with van der Waals surface area (Å²) >= 11 is 0. The summed E-state index contributed by atoms with van der Waals surface area (Å²) in [6, 6.07) is 8.00. The summed E-state index contributed by atoms with van der Waals surface area (Å²) < 4.78 is 23.9. The predicted molar refractivity (Wildman–Crippen MR) is 69.5 cm³/mol. The minimum Gasteiger partial charge on any atom is -0.497 e. The van der Waals surface area contributed by atoms with Gasteiger partial charge in [0.2, 0.25) is 5.82 Å². The van der Waals surface area contributed by atoms with Crippen molar-refractivity contribution in [1.29, 1.82) is 0 Å². The zero-order valence-corrected chi connectivity index (χ0v) is 10.6. The molecule has 100 valence electrons. The lowest BCUT2D eigenvalue weighted by Crippen LogP contribution is -1.88. The van der Waals surface area contributed by atoms with Gasteiger partial charge < -0.3 is 9.26 Å². The van der Waals surface area contributed by atoms with Crippen molar-refractivity contribution in [2.75, 3.05) is 7.11 Å². The topological polar surface area (TPSA) is 61.0 Å². The summed E-state index contributed by atoms with van der Waals surface area (Å²) in [7, 11) is 1.47. The lowest BCUT2D eigenvalue weighted by atomic mass is 10.2. The van der Waals surface area contributed by atoms with Gasteiger partial charge in [-0.1, -0.05) is 5.16 Å². The molecule has 0 fully saturated rings. The van der Waals surface area contributed by atoms with Crippen LogP contribution in [0.15, 0.2) is 47.2 Å². The lowest BCUT2D eigenvalue weighted by molar-refractivity contribution is 0.410. The molecule has 0 spiro atoms. The Balaban J connectivity index is 1.98. The van der Waals surface area contributed by atoms with Crippen molar-refractivity contribution < 1.29 is 13.7 Å². The quantitative estimate of drug-likeness (QED) is 0.733. The average molecular weight is 271 g/mol. The van der Waals surface area contributed by atoms with Crippen molar-refractivity contribution in [3.8, 4) is 28.6 Å². The number of rotatable bonds is 3. The van der Waals surface area contributed by atoms with E-state index in [4.69, 9.17) is 9.26 Å². The van der Waals surface area contributed by atoms with Crippen molar-refractivity contribution in [2.24, 2.45) is 0 Å². The molecule has 6 heteroatoms. The van der Waals surface area contributed by atoms with Gasteiger partial charge in [-0.2, -0.15) is 4.98 Å². The fourth-order valence-electron chi connectivity index (χ4n) is 1.74. The molecule has 2 aromatic heterocycles. The van der Waals surface area contributed by atoms with Crippen LogP contribution in [0.3, 0.4) is 0 Å². The number of methoxy groups -OCH3 is 1. The normalized spacial score (nSPS) is 10.5. The van der Waals surface area contributed by atoms with Gasteiger partial charge in [-0.15, -0.1) is 0 Å². The monoisotopic (exact) mass is 271 g/mol. The van der Waals surface area contributed by atoms with Crippen LogP contribution in [0.1, 0.15) is 0 Å². The van der Waals surface area contributed by atoms with Crippen LogP contribution in [-0.4, -0.2) is 22.2 Å². The highest BCUT2D eigenvalue weighted by Gasteiger charge is 2.15. The Bertz CT molecular complexity index is 728. The van der Waals surface area contributed by atoms with Crippen LogP contribution in [0, 0.1) is 5.82 Å². The molecular weight excluding hydrogens is 261 g/mol. The van der Waals surface area contributed by atoms with E-state index in [1.54, 1.807) is 30.6 Å². The van der Waals surface area contributed by atoms with Crippen LogP contribution >= 0.6 is 0 Å². The van der Waals surface area contributed by atoms with Crippen molar-refractivity contribution in [3.63, 3.8) is 0 Å². The number of nitrogens with zero attached hydrogens (tertiary/aromatic N) is 3. The number of pyridine rings is 1. The molecule has 0 unspecified atom stereocenters. The third-order valence-corrected chi connectivity index (χ3v) is 2.75. The molecule has 0 aliphatic rings. The Morgan fingerprint density at radius 3 is 2.85 bits per heavy atom. The molecule has 3 aromatic rings.